The summed E-state index contributed by atoms with van der Waals surface area (Å²) in [4.78, 5) is 11.9. The van der Waals surface area contributed by atoms with Gasteiger partial charge in [-0.25, -0.2) is 4.39 Å². The van der Waals surface area contributed by atoms with Crippen LogP contribution in [-0.4, -0.2) is 11.0 Å². The molecule has 0 unspecified atom stereocenters. The van der Waals surface area contributed by atoms with Crippen molar-refractivity contribution in [2.24, 2.45) is 0 Å². The zero-order valence-electron chi connectivity index (χ0n) is 10.5. The fraction of sp³-hybridized carbons (Fsp3) is 0.0714. The molecule has 0 bridgehead atoms. The zero-order chi connectivity index (χ0) is 15.6. The predicted octanol–water partition coefficient (Wildman–Crippen LogP) is 4.67. The zero-order valence-corrected chi connectivity index (χ0v) is 12.7. The SMILES string of the molecule is O=C(Cc1c(F)cccc1Cl)Nc1cc(Cl)c(O)c(Cl)c1. The summed E-state index contributed by atoms with van der Waals surface area (Å²) in [5.41, 5.74) is 0.396. The lowest BCUT2D eigenvalue weighted by molar-refractivity contribution is -0.115. The number of carbonyl (C=O) groups excluding carboxylic acids is 1. The van der Waals surface area contributed by atoms with Crippen molar-refractivity contribution >= 4 is 46.4 Å². The molecule has 7 heteroatoms. The first-order valence-electron chi connectivity index (χ1n) is 5.79. The third-order valence-corrected chi connectivity index (χ3v) is 3.63. The Morgan fingerprint density at radius 2 is 1.76 bits per heavy atom. The first kappa shape index (κ1) is 15.9. The highest BCUT2D eigenvalue weighted by molar-refractivity contribution is 6.37. The monoisotopic (exact) mass is 347 g/mol. The van der Waals surface area contributed by atoms with Gasteiger partial charge >= 0.3 is 0 Å². The van der Waals surface area contributed by atoms with E-state index >= 15 is 0 Å². The molecule has 3 nitrogen and oxygen atoms in total. The first-order valence-corrected chi connectivity index (χ1v) is 6.92. The number of amides is 1. The van der Waals surface area contributed by atoms with Gasteiger partial charge in [0.2, 0.25) is 5.91 Å². The molecule has 1 amide bonds. The smallest absolute Gasteiger partial charge is 0.228 e. The Morgan fingerprint density at radius 1 is 1.14 bits per heavy atom. The topological polar surface area (TPSA) is 49.3 Å². The number of hydrogen-bond donors (Lipinski definition) is 2. The van der Waals surface area contributed by atoms with Crippen LogP contribution in [0.1, 0.15) is 5.56 Å². The number of nitrogens with one attached hydrogen (secondary N) is 1. The molecule has 0 atom stereocenters. The van der Waals surface area contributed by atoms with Crippen molar-refractivity contribution in [2.45, 2.75) is 6.42 Å². The van der Waals surface area contributed by atoms with Crippen molar-refractivity contribution in [2.75, 3.05) is 5.32 Å². The average Bonchev–Trinajstić information content (AvgIpc) is 2.40. The van der Waals surface area contributed by atoms with Crippen LogP contribution >= 0.6 is 34.8 Å². The molecule has 0 saturated carbocycles. The van der Waals surface area contributed by atoms with Gasteiger partial charge in [0.25, 0.3) is 0 Å². The summed E-state index contributed by atoms with van der Waals surface area (Å²) in [6.45, 7) is 0. The number of halogens is 4. The van der Waals surface area contributed by atoms with E-state index in [1.165, 1.54) is 30.3 Å². The summed E-state index contributed by atoms with van der Waals surface area (Å²) in [6, 6.07) is 6.86. The minimum absolute atomic E-state index is 0.00160. The van der Waals surface area contributed by atoms with Gasteiger partial charge in [0.1, 0.15) is 5.82 Å². The van der Waals surface area contributed by atoms with Crippen LogP contribution in [0.4, 0.5) is 10.1 Å². The molecule has 2 rings (SSSR count). The molecule has 2 N–H and O–H groups in total. The van der Waals surface area contributed by atoms with Crippen molar-refractivity contribution < 1.29 is 14.3 Å². The van der Waals surface area contributed by atoms with Crippen molar-refractivity contribution in [3.8, 4) is 5.75 Å². The normalized spacial score (nSPS) is 10.5. The number of phenolic OH excluding ortho intramolecular Hbond substituents is 1. The Balaban J connectivity index is 2.16. The van der Waals surface area contributed by atoms with Gasteiger partial charge in [0, 0.05) is 16.3 Å². The third-order valence-electron chi connectivity index (χ3n) is 2.70. The fourth-order valence-corrected chi connectivity index (χ4v) is 2.42. The van der Waals surface area contributed by atoms with Gasteiger partial charge in [-0.1, -0.05) is 40.9 Å². The number of carbonyl (C=O) groups is 1. The lowest BCUT2D eigenvalue weighted by Crippen LogP contribution is -2.15. The maximum Gasteiger partial charge on any atom is 0.228 e. The Hall–Kier alpha value is -1.49. The molecule has 2 aromatic carbocycles. The summed E-state index contributed by atoms with van der Waals surface area (Å²) in [5.74, 6) is -1.31. The summed E-state index contributed by atoms with van der Waals surface area (Å²) < 4.78 is 13.6. The number of rotatable bonds is 3. The summed E-state index contributed by atoms with van der Waals surface area (Å²) >= 11 is 17.3. The second kappa shape index (κ2) is 6.52. The van der Waals surface area contributed by atoms with E-state index in [4.69, 9.17) is 34.8 Å². The molecule has 21 heavy (non-hydrogen) atoms. The highest BCUT2D eigenvalue weighted by Crippen LogP contribution is 2.34. The highest BCUT2D eigenvalue weighted by atomic mass is 35.5. The van der Waals surface area contributed by atoms with Crippen LogP contribution in [0.5, 0.6) is 5.75 Å². The van der Waals surface area contributed by atoms with Crippen LogP contribution in [0.3, 0.4) is 0 Å². The lowest BCUT2D eigenvalue weighted by Gasteiger charge is -2.09. The van der Waals surface area contributed by atoms with E-state index in [0.717, 1.165) is 0 Å². The van der Waals surface area contributed by atoms with Gasteiger partial charge in [-0.2, -0.15) is 0 Å². The molecule has 0 spiro atoms. The number of aromatic hydroxyl groups is 1. The Bertz CT molecular complexity index is 663. The Morgan fingerprint density at radius 3 is 2.33 bits per heavy atom. The van der Waals surface area contributed by atoms with E-state index in [0.29, 0.717) is 5.69 Å². The molecule has 0 aliphatic rings. The molecule has 110 valence electrons. The number of phenols is 1. The second-order valence-corrected chi connectivity index (χ2v) is 5.44. The van der Waals surface area contributed by atoms with Gasteiger partial charge < -0.3 is 10.4 Å². The Kier molecular flexibility index (Phi) is 4.93. The van der Waals surface area contributed by atoms with Crippen molar-refractivity contribution in [1.29, 1.82) is 0 Å². The average molecular weight is 349 g/mol. The maximum atomic E-state index is 13.6. The van der Waals surface area contributed by atoms with E-state index in [1.54, 1.807) is 0 Å². The van der Waals surface area contributed by atoms with Crippen LogP contribution in [0.25, 0.3) is 0 Å². The minimum atomic E-state index is -0.556. The van der Waals surface area contributed by atoms with E-state index in [-0.39, 0.29) is 32.8 Å². The summed E-state index contributed by atoms with van der Waals surface area (Å²) in [5, 5.41) is 12.1. The molecule has 0 aromatic heterocycles. The van der Waals surface area contributed by atoms with Crippen molar-refractivity contribution in [3.63, 3.8) is 0 Å². The van der Waals surface area contributed by atoms with Crippen LogP contribution in [0.2, 0.25) is 15.1 Å². The highest BCUT2D eigenvalue weighted by Gasteiger charge is 2.13. The van der Waals surface area contributed by atoms with Crippen LogP contribution in [0, 0.1) is 5.82 Å². The fourth-order valence-electron chi connectivity index (χ4n) is 1.70. The van der Waals surface area contributed by atoms with Crippen LogP contribution in [0.15, 0.2) is 30.3 Å². The van der Waals surface area contributed by atoms with E-state index in [2.05, 4.69) is 5.32 Å². The van der Waals surface area contributed by atoms with Gasteiger partial charge in [-0.05, 0) is 24.3 Å². The number of anilines is 1. The molecule has 0 aliphatic carbocycles. The van der Waals surface area contributed by atoms with E-state index in [9.17, 15) is 14.3 Å². The van der Waals surface area contributed by atoms with E-state index < -0.39 is 11.7 Å². The quantitative estimate of drug-likeness (QED) is 0.792. The van der Waals surface area contributed by atoms with Gasteiger partial charge in [-0.3, -0.25) is 4.79 Å². The minimum Gasteiger partial charge on any atom is -0.505 e. The molecule has 0 aliphatic heterocycles. The van der Waals surface area contributed by atoms with Crippen LogP contribution < -0.4 is 5.32 Å². The lowest BCUT2D eigenvalue weighted by atomic mass is 10.1. The van der Waals surface area contributed by atoms with Crippen molar-refractivity contribution in [1.82, 2.24) is 0 Å². The van der Waals surface area contributed by atoms with Gasteiger partial charge in [-0.15, -0.1) is 0 Å². The van der Waals surface area contributed by atoms with Gasteiger partial charge in [0.15, 0.2) is 5.75 Å². The molecular weight excluding hydrogens is 340 g/mol. The molecule has 0 radical (unpaired) electrons. The largest absolute Gasteiger partial charge is 0.505 e. The standard InChI is InChI=1S/C14H9Cl3FNO2/c15-9-2-1-3-12(18)8(9)6-13(20)19-7-4-10(16)14(21)11(17)5-7/h1-5,21H,6H2,(H,19,20). The summed E-state index contributed by atoms with van der Waals surface area (Å²) in [6.07, 6.45) is -0.235. The summed E-state index contributed by atoms with van der Waals surface area (Å²) in [7, 11) is 0. The molecule has 0 saturated heterocycles. The first-order chi connectivity index (χ1) is 9.88. The maximum absolute atomic E-state index is 13.6. The van der Waals surface area contributed by atoms with E-state index in [1.807, 2.05) is 0 Å². The number of hydrogen-bond acceptors (Lipinski definition) is 2. The molecular formula is C14H9Cl3FNO2. The number of benzene rings is 2. The predicted molar refractivity (Wildman–Crippen MR) is 81.9 cm³/mol. The second-order valence-electron chi connectivity index (χ2n) is 4.21. The van der Waals surface area contributed by atoms with Crippen LogP contribution in [-0.2, 0) is 11.2 Å². The third kappa shape index (κ3) is 3.79. The van der Waals surface area contributed by atoms with Crippen molar-refractivity contribution in [3.05, 3.63) is 56.8 Å². The van der Waals surface area contributed by atoms with Gasteiger partial charge in [0.05, 0.1) is 16.5 Å². The molecule has 2 aromatic rings. The molecule has 0 fully saturated rings. The molecule has 0 heterocycles. The Labute approximate surface area is 135 Å².